The van der Waals surface area contributed by atoms with Gasteiger partial charge in [0.25, 0.3) is 0 Å². The lowest BCUT2D eigenvalue weighted by Gasteiger charge is -2.14. The van der Waals surface area contributed by atoms with E-state index < -0.39 is 0 Å². The maximum Gasteiger partial charge on any atom is 0.220 e. The summed E-state index contributed by atoms with van der Waals surface area (Å²) >= 11 is 0. The third kappa shape index (κ3) is 4.36. The van der Waals surface area contributed by atoms with E-state index in [4.69, 9.17) is 4.52 Å². The van der Waals surface area contributed by atoms with Gasteiger partial charge >= 0.3 is 0 Å². The lowest BCUT2D eigenvalue weighted by atomic mass is 10.0. The summed E-state index contributed by atoms with van der Waals surface area (Å²) in [5.41, 5.74) is 4.66. The Kier molecular flexibility index (Phi) is 5.46. The van der Waals surface area contributed by atoms with E-state index in [1.54, 1.807) is 18.4 Å². The molecule has 3 rings (SSSR count). The smallest absolute Gasteiger partial charge is 0.220 e. The summed E-state index contributed by atoms with van der Waals surface area (Å²) in [5.74, 6) is -0.360. The molecule has 0 radical (unpaired) electrons. The van der Waals surface area contributed by atoms with E-state index >= 15 is 0 Å². The van der Waals surface area contributed by atoms with Crippen LogP contribution in [0.1, 0.15) is 36.1 Å². The van der Waals surface area contributed by atoms with Gasteiger partial charge < -0.3 is 9.84 Å². The van der Waals surface area contributed by atoms with Gasteiger partial charge in [0, 0.05) is 17.5 Å². The van der Waals surface area contributed by atoms with Crippen molar-refractivity contribution in [3.8, 4) is 11.3 Å². The van der Waals surface area contributed by atoms with Gasteiger partial charge in [-0.05, 0) is 44.0 Å². The Morgan fingerprint density at radius 3 is 2.73 bits per heavy atom. The van der Waals surface area contributed by atoms with Crippen molar-refractivity contribution in [1.29, 1.82) is 0 Å². The first-order chi connectivity index (χ1) is 12.5. The molecular formula is C21H21FN2O2. The number of nitrogens with one attached hydrogen (secondary N) is 1. The summed E-state index contributed by atoms with van der Waals surface area (Å²) in [6.45, 7) is 3.90. The van der Waals surface area contributed by atoms with Crippen LogP contribution in [0.5, 0.6) is 0 Å². The number of nitrogens with zero attached hydrogens (tertiary/aromatic N) is 1. The molecule has 5 heteroatoms. The van der Waals surface area contributed by atoms with Crippen LogP contribution in [0.25, 0.3) is 11.3 Å². The van der Waals surface area contributed by atoms with Crippen molar-refractivity contribution in [3.05, 3.63) is 77.3 Å². The van der Waals surface area contributed by atoms with Crippen LogP contribution >= 0.6 is 0 Å². The van der Waals surface area contributed by atoms with Gasteiger partial charge in [0.05, 0.1) is 6.04 Å². The SMILES string of the molecule is Cc1cccc(-c2nocc2CCC(=O)N[C@@H](C)c2ccc(F)cc2)c1. The Hall–Kier alpha value is -2.95. The Bertz CT molecular complexity index is 887. The number of amides is 1. The van der Waals surface area contributed by atoms with Crippen LogP contribution in [-0.4, -0.2) is 11.1 Å². The van der Waals surface area contributed by atoms with E-state index in [0.29, 0.717) is 12.8 Å². The Balaban J connectivity index is 1.60. The number of hydrogen-bond acceptors (Lipinski definition) is 3. The maximum absolute atomic E-state index is 13.0. The van der Waals surface area contributed by atoms with Crippen molar-refractivity contribution in [2.75, 3.05) is 0 Å². The zero-order valence-electron chi connectivity index (χ0n) is 14.8. The standard InChI is InChI=1S/C21H21FN2O2/c1-14-4-3-5-17(12-14)21-18(13-26-24-21)8-11-20(25)23-15(2)16-6-9-19(22)10-7-16/h3-7,9-10,12-13,15H,8,11H2,1-2H3,(H,23,25)/t15-/m0/s1. The lowest BCUT2D eigenvalue weighted by Crippen LogP contribution is -2.26. The third-order valence-electron chi connectivity index (χ3n) is 4.30. The van der Waals surface area contributed by atoms with Gasteiger partial charge in [-0.25, -0.2) is 4.39 Å². The number of hydrogen-bond donors (Lipinski definition) is 1. The predicted molar refractivity (Wildman–Crippen MR) is 98.0 cm³/mol. The molecule has 1 heterocycles. The first-order valence-corrected chi connectivity index (χ1v) is 8.58. The van der Waals surface area contributed by atoms with Crippen molar-refractivity contribution in [1.82, 2.24) is 10.5 Å². The highest BCUT2D eigenvalue weighted by molar-refractivity contribution is 5.77. The molecule has 0 aliphatic heterocycles. The summed E-state index contributed by atoms with van der Waals surface area (Å²) in [6, 6.07) is 14.0. The molecule has 0 saturated heterocycles. The van der Waals surface area contributed by atoms with E-state index in [9.17, 15) is 9.18 Å². The summed E-state index contributed by atoms with van der Waals surface area (Å²) < 4.78 is 18.1. The highest BCUT2D eigenvalue weighted by Gasteiger charge is 2.14. The van der Waals surface area contributed by atoms with Gasteiger partial charge in [0.1, 0.15) is 17.8 Å². The molecule has 0 aliphatic carbocycles. The third-order valence-corrected chi connectivity index (χ3v) is 4.30. The van der Waals surface area contributed by atoms with Gasteiger partial charge in [-0.3, -0.25) is 4.79 Å². The van der Waals surface area contributed by atoms with Crippen molar-refractivity contribution in [2.45, 2.75) is 32.7 Å². The van der Waals surface area contributed by atoms with Crippen LogP contribution in [0.3, 0.4) is 0 Å². The second-order valence-electron chi connectivity index (χ2n) is 6.40. The molecule has 4 nitrogen and oxygen atoms in total. The molecule has 0 saturated carbocycles. The van der Waals surface area contributed by atoms with Crippen molar-refractivity contribution in [2.24, 2.45) is 0 Å². The molecule has 0 fully saturated rings. The minimum absolute atomic E-state index is 0.0711. The Labute approximate surface area is 152 Å². The summed E-state index contributed by atoms with van der Waals surface area (Å²) in [4.78, 5) is 12.3. The molecule has 134 valence electrons. The van der Waals surface area contributed by atoms with Crippen molar-refractivity contribution < 1.29 is 13.7 Å². The van der Waals surface area contributed by atoms with Crippen LogP contribution in [0.2, 0.25) is 0 Å². The maximum atomic E-state index is 13.0. The number of aryl methyl sites for hydroxylation is 2. The lowest BCUT2D eigenvalue weighted by molar-refractivity contribution is -0.121. The predicted octanol–water partition coefficient (Wildman–Crippen LogP) is 4.60. The van der Waals surface area contributed by atoms with E-state index in [-0.39, 0.29) is 17.8 Å². The number of carbonyl (C=O) groups excluding carboxylic acids is 1. The second-order valence-corrected chi connectivity index (χ2v) is 6.40. The highest BCUT2D eigenvalue weighted by Crippen LogP contribution is 2.24. The van der Waals surface area contributed by atoms with Crippen LogP contribution in [0, 0.1) is 12.7 Å². The minimum atomic E-state index is -0.289. The molecule has 0 aliphatic rings. The fraction of sp³-hybridized carbons (Fsp3) is 0.238. The molecular weight excluding hydrogens is 331 g/mol. The van der Waals surface area contributed by atoms with Crippen LogP contribution in [0.4, 0.5) is 4.39 Å². The summed E-state index contributed by atoms with van der Waals surface area (Å²) in [5, 5.41) is 7.01. The quantitative estimate of drug-likeness (QED) is 0.705. The number of carbonyl (C=O) groups is 1. The molecule has 1 atom stereocenters. The second kappa shape index (κ2) is 7.95. The zero-order valence-corrected chi connectivity index (χ0v) is 14.8. The fourth-order valence-corrected chi connectivity index (χ4v) is 2.86. The molecule has 1 N–H and O–H groups in total. The summed E-state index contributed by atoms with van der Waals surface area (Å²) in [7, 11) is 0. The first-order valence-electron chi connectivity index (χ1n) is 8.58. The average Bonchev–Trinajstić information content (AvgIpc) is 3.09. The molecule has 2 aromatic carbocycles. The van der Waals surface area contributed by atoms with E-state index in [1.807, 2.05) is 38.1 Å². The molecule has 0 unspecified atom stereocenters. The monoisotopic (exact) mass is 352 g/mol. The zero-order chi connectivity index (χ0) is 18.5. The average molecular weight is 352 g/mol. The molecule has 3 aromatic rings. The van der Waals surface area contributed by atoms with Gasteiger partial charge in [0.15, 0.2) is 0 Å². The number of aromatic nitrogens is 1. The van der Waals surface area contributed by atoms with Crippen LogP contribution in [-0.2, 0) is 11.2 Å². The Morgan fingerprint density at radius 2 is 2.00 bits per heavy atom. The normalized spacial score (nSPS) is 12.0. The highest BCUT2D eigenvalue weighted by atomic mass is 19.1. The van der Waals surface area contributed by atoms with Gasteiger partial charge in [0.2, 0.25) is 5.91 Å². The van der Waals surface area contributed by atoms with Gasteiger partial charge in [-0.2, -0.15) is 0 Å². The molecule has 1 amide bonds. The molecule has 1 aromatic heterocycles. The summed E-state index contributed by atoms with van der Waals surface area (Å²) in [6.07, 6.45) is 2.45. The topological polar surface area (TPSA) is 55.1 Å². The number of rotatable bonds is 6. The van der Waals surface area contributed by atoms with Gasteiger partial charge in [-0.1, -0.05) is 41.1 Å². The van der Waals surface area contributed by atoms with Crippen molar-refractivity contribution in [3.63, 3.8) is 0 Å². The van der Waals surface area contributed by atoms with Crippen molar-refractivity contribution >= 4 is 5.91 Å². The Morgan fingerprint density at radius 1 is 1.23 bits per heavy atom. The van der Waals surface area contributed by atoms with E-state index in [0.717, 1.165) is 27.9 Å². The van der Waals surface area contributed by atoms with E-state index in [1.165, 1.54) is 12.1 Å². The van der Waals surface area contributed by atoms with E-state index in [2.05, 4.69) is 10.5 Å². The minimum Gasteiger partial charge on any atom is -0.364 e. The van der Waals surface area contributed by atoms with Crippen LogP contribution < -0.4 is 5.32 Å². The number of halogens is 1. The largest absolute Gasteiger partial charge is 0.364 e. The van der Waals surface area contributed by atoms with Gasteiger partial charge in [-0.15, -0.1) is 0 Å². The first kappa shape index (κ1) is 17.9. The molecule has 26 heavy (non-hydrogen) atoms. The molecule has 0 spiro atoms. The molecule has 0 bridgehead atoms. The number of benzene rings is 2. The van der Waals surface area contributed by atoms with Crippen LogP contribution in [0.15, 0.2) is 59.3 Å². The fourth-order valence-electron chi connectivity index (χ4n) is 2.86.